The SMILES string of the molecule is COc1c(C(=O)N2CCC2)cccc1-c1noc(-c2cnn(CC(C)O)c2C(F)(F)F)c1-c1ccncn1. The van der Waals surface area contributed by atoms with E-state index in [1.54, 1.807) is 23.1 Å². The Bertz CT molecular complexity index is 1460. The first-order valence-electron chi connectivity index (χ1n) is 11.7. The van der Waals surface area contributed by atoms with Gasteiger partial charge in [-0.1, -0.05) is 11.2 Å². The van der Waals surface area contributed by atoms with Crippen molar-refractivity contribution < 1.29 is 32.3 Å². The van der Waals surface area contributed by atoms with Crippen LogP contribution in [0.3, 0.4) is 0 Å². The van der Waals surface area contributed by atoms with Gasteiger partial charge in [0.1, 0.15) is 17.8 Å². The summed E-state index contributed by atoms with van der Waals surface area (Å²) in [6, 6.07) is 6.41. The number of carbonyl (C=O) groups is 1. The molecule has 1 aliphatic rings. The molecule has 5 rings (SSSR count). The van der Waals surface area contributed by atoms with Gasteiger partial charge < -0.3 is 19.3 Å². The smallest absolute Gasteiger partial charge is 0.433 e. The molecule has 10 nitrogen and oxygen atoms in total. The van der Waals surface area contributed by atoms with Crippen LogP contribution in [0.2, 0.25) is 0 Å². The molecule has 1 unspecified atom stereocenters. The van der Waals surface area contributed by atoms with Gasteiger partial charge in [0.15, 0.2) is 11.5 Å². The highest BCUT2D eigenvalue weighted by atomic mass is 19.4. The summed E-state index contributed by atoms with van der Waals surface area (Å²) < 4.78 is 54.5. The lowest BCUT2D eigenvalue weighted by molar-refractivity contribution is -0.144. The minimum absolute atomic E-state index is 0.130. The first-order chi connectivity index (χ1) is 18.2. The van der Waals surface area contributed by atoms with E-state index in [2.05, 4.69) is 20.2 Å². The highest BCUT2D eigenvalue weighted by molar-refractivity contribution is 6.01. The molecule has 13 heteroatoms. The van der Waals surface area contributed by atoms with Crippen molar-refractivity contribution in [2.75, 3.05) is 20.2 Å². The highest BCUT2D eigenvalue weighted by Crippen LogP contribution is 2.46. The second-order valence-corrected chi connectivity index (χ2v) is 8.80. The monoisotopic (exact) mass is 528 g/mol. The lowest BCUT2D eigenvalue weighted by Gasteiger charge is -2.31. The van der Waals surface area contributed by atoms with Gasteiger partial charge in [-0.05, 0) is 31.5 Å². The maximum Gasteiger partial charge on any atom is 0.433 e. The zero-order chi connectivity index (χ0) is 27.0. The number of benzene rings is 1. The zero-order valence-electron chi connectivity index (χ0n) is 20.4. The van der Waals surface area contributed by atoms with Gasteiger partial charge >= 0.3 is 6.18 Å². The number of likely N-dealkylation sites (tertiary alicyclic amines) is 1. The lowest BCUT2D eigenvalue weighted by Crippen LogP contribution is -2.42. The molecular formula is C25H23F3N6O4. The molecule has 3 aromatic heterocycles. The Morgan fingerprint density at radius 2 is 2.03 bits per heavy atom. The number of hydrogen-bond acceptors (Lipinski definition) is 8. The summed E-state index contributed by atoms with van der Waals surface area (Å²) in [7, 11) is 1.40. The maximum atomic E-state index is 14.2. The average Bonchev–Trinajstić information content (AvgIpc) is 3.46. The van der Waals surface area contributed by atoms with E-state index in [9.17, 15) is 23.1 Å². The number of carbonyl (C=O) groups excluding carboxylic acids is 1. The number of methoxy groups -OCH3 is 1. The Balaban J connectivity index is 1.74. The highest BCUT2D eigenvalue weighted by Gasteiger charge is 2.41. The van der Waals surface area contributed by atoms with Gasteiger partial charge in [0.05, 0.1) is 48.3 Å². The van der Waals surface area contributed by atoms with Crippen molar-refractivity contribution >= 4 is 5.91 Å². The van der Waals surface area contributed by atoms with Crippen molar-refractivity contribution in [3.05, 3.63) is 54.2 Å². The van der Waals surface area contributed by atoms with Crippen molar-refractivity contribution in [1.29, 1.82) is 0 Å². The van der Waals surface area contributed by atoms with Gasteiger partial charge in [-0.3, -0.25) is 9.48 Å². The number of halogens is 3. The summed E-state index contributed by atoms with van der Waals surface area (Å²) in [6.07, 6.45) is -1.29. The Kier molecular flexibility index (Phi) is 6.61. The van der Waals surface area contributed by atoms with Crippen LogP contribution in [0.1, 0.15) is 29.4 Å². The van der Waals surface area contributed by atoms with Crippen LogP contribution in [0.25, 0.3) is 33.8 Å². The number of hydrogen-bond donors (Lipinski definition) is 1. The predicted octanol–water partition coefficient (Wildman–Crippen LogP) is 3.92. The Morgan fingerprint density at radius 3 is 2.63 bits per heavy atom. The van der Waals surface area contributed by atoms with Crippen LogP contribution in [0.5, 0.6) is 5.75 Å². The third-order valence-corrected chi connectivity index (χ3v) is 6.17. The van der Waals surface area contributed by atoms with Crippen LogP contribution >= 0.6 is 0 Å². The molecule has 0 aliphatic carbocycles. The number of nitrogens with zero attached hydrogens (tertiary/aromatic N) is 6. The van der Waals surface area contributed by atoms with Gasteiger partial charge in [0, 0.05) is 24.8 Å². The average molecular weight is 528 g/mol. The molecule has 1 aromatic carbocycles. The molecule has 198 valence electrons. The van der Waals surface area contributed by atoms with Crippen LogP contribution < -0.4 is 4.74 Å². The van der Waals surface area contributed by atoms with E-state index in [4.69, 9.17) is 9.26 Å². The van der Waals surface area contributed by atoms with E-state index in [1.807, 2.05) is 0 Å². The summed E-state index contributed by atoms with van der Waals surface area (Å²) in [4.78, 5) is 22.8. The third-order valence-electron chi connectivity index (χ3n) is 6.17. The van der Waals surface area contributed by atoms with Crippen molar-refractivity contribution in [2.24, 2.45) is 0 Å². The van der Waals surface area contributed by atoms with Crippen LogP contribution in [-0.4, -0.2) is 67.1 Å². The Morgan fingerprint density at radius 1 is 1.24 bits per heavy atom. The third kappa shape index (κ3) is 4.49. The minimum Gasteiger partial charge on any atom is -0.495 e. The van der Waals surface area contributed by atoms with Crippen LogP contribution in [-0.2, 0) is 12.7 Å². The number of aromatic nitrogens is 5. The van der Waals surface area contributed by atoms with Gasteiger partial charge in [0.2, 0.25) is 0 Å². The fourth-order valence-corrected chi connectivity index (χ4v) is 4.37. The standard InChI is InChI=1S/C25H23F3N6O4/c1-14(35)12-34-23(25(26,27)28)17(11-31-34)22-19(18-7-8-29-13-30-18)20(32-38-22)15-5-3-6-16(21(15)37-2)24(36)33-9-4-10-33/h3,5-8,11,13-14,35H,4,9-10,12H2,1-2H3. The van der Waals surface area contributed by atoms with Crippen LogP contribution in [0.15, 0.2) is 47.5 Å². The molecular weight excluding hydrogens is 505 g/mol. The number of rotatable bonds is 7. The molecule has 1 amide bonds. The van der Waals surface area contributed by atoms with E-state index >= 15 is 0 Å². The second-order valence-electron chi connectivity index (χ2n) is 8.80. The first-order valence-corrected chi connectivity index (χ1v) is 11.7. The van der Waals surface area contributed by atoms with E-state index in [-0.39, 0.29) is 46.5 Å². The van der Waals surface area contributed by atoms with Gasteiger partial charge in [-0.25, -0.2) is 9.97 Å². The summed E-state index contributed by atoms with van der Waals surface area (Å²) in [5.41, 5.74) is -0.339. The Hall–Kier alpha value is -4.26. The number of aliphatic hydroxyl groups is 1. The van der Waals surface area contributed by atoms with Gasteiger partial charge in [-0.2, -0.15) is 18.3 Å². The van der Waals surface area contributed by atoms with Crippen molar-refractivity contribution in [2.45, 2.75) is 32.2 Å². The van der Waals surface area contributed by atoms with E-state index in [0.717, 1.165) is 12.6 Å². The fourth-order valence-electron chi connectivity index (χ4n) is 4.37. The number of para-hydroxylation sites is 1. The molecule has 0 spiro atoms. The van der Waals surface area contributed by atoms with Crippen molar-refractivity contribution in [3.8, 4) is 39.6 Å². The van der Waals surface area contributed by atoms with Crippen molar-refractivity contribution in [3.63, 3.8) is 0 Å². The lowest BCUT2D eigenvalue weighted by atomic mass is 9.97. The summed E-state index contributed by atoms with van der Waals surface area (Å²) >= 11 is 0. The normalized spacial score (nSPS) is 14.3. The quantitative estimate of drug-likeness (QED) is 0.384. The number of ether oxygens (including phenoxy) is 1. The first kappa shape index (κ1) is 25.4. The number of amides is 1. The molecule has 1 atom stereocenters. The van der Waals surface area contributed by atoms with E-state index < -0.39 is 18.0 Å². The molecule has 1 saturated heterocycles. The number of aliphatic hydroxyl groups excluding tert-OH is 1. The maximum absolute atomic E-state index is 14.2. The largest absolute Gasteiger partial charge is 0.495 e. The second kappa shape index (κ2) is 9.89. The molecule has 0 saturated carbocycles. The fraction of sp³-hybridized carbons (Fsp3) is 0.320. The van der Waals surface area contributed by atoms with E-state index in [1.165, 1.54) is 32.6 Å². The van der Waals surface area contributed by atoms with Crippen LogP contribution in [0.4, 0.5) is 13.2 Å². The molecule has 0 radical (unpaired) electrons. The Labute approximate surface area is 214 Å². The summed E-state index contributed by atoms with van der Waals surface area (Å²) in [6.45, 7) is 2.24. The zero-order valence-corrected chi connectivity index (χ0v) is 20.4. The van der Waals surface area contributed by atoms with E-state index in [0.29, 0.717) is 28.9 Å². The molecule has 1 fully saturated rings. The molecule has 1 aliphatic heterocycles. The molecule has 38 heavy (non-hydrogen) atoms. The molecule has 0 bridgehead atoms. The van der Waals surface area contributed by atoms with Gasteiger partial charge in [-0.15, -0.1) is 0 Å². The topological polar surface area (TPSA) is 119 Å². The minimum atomic E-state index is -4.82. The van der Waals surface area contributed by atoms with Gasteiger partial charge in [0.25, 0.3) is 5.91 Å². The van der Waals surface area contributed by atoms with Crippen molar-refractivity contribution in [1.82, 2.24) is 29.8 Å². The predicted molar refractivity (Wildman–Crippen MR) is 128 cm³/mol. The van der Waals surface area contributed by atoms with Crippen LogP contribution in [0, 0.1) is 0 Å². The summed E-state index contributed by atoms with van der Waals surface area (Å²) in [5, 5.41) is 17.7. The molecule has 4 heterocycles. The number of alkyl halides is 3. The molecule has 4 aromatic rings. The summed E-state index contributed by atoms with van der Waals surface area (Å²) in [5.74, 6) is -0.245. The molecule has 1 N–H and O–H groups in total.